The van der Waals surface area contributed by atoms with Crippen molar-refractivity contribution >= 4 is 11.6 Å². The maximum absolute atomic E-state index is 6.26. The minimum atomic E-state index is 0.410. The van der Waals surface area contributed by atoms with Crippen molar-refractivity contribution in [2.45, 2.75) is 27.0 Å². The summed E-state index contributed by atoms with van der Waals surface area (Å²) in [6, 6.07) is 9.99. The highest BCUT2D eigenvalue weighted by Gasteiger charge is 2.12. The van der Waals surface area contributed by atoms with Gasteiger partial charge < -0.3 is 15.2 Å². The molecule has 0 aromatic heterocycles. The fourth-order valence-electron chi connectivity index (χ4n) is 2.34. The van der Waals surface area contributed by atoms with E-state index < -0.39 is 0 Å². The third-order valence-corrected chi connectivity index (χ3v) is 3.47. The fraction of sp³-hybridized carbons (Fsp3) is 0.294. The van der Waals surface area contributed by atoms with Gasteiger partial charge >= 0.3 is 0 Å². The smallest absolute Gasteiger partial charge is 0.180 e. The van der Waals surface area contributed by atoms with Crippen LogP contribution in [0.5, 0.6) is 11.5 Å². The SMILES string of the molecule is COc1cc(CN)cc(Cl)c1OCc1cc(C)cc(C)c1. The van der Waals surface area contributed by atoms with E-state index in [0.29, 0.717) is 29.7 Å². The van der Waals surface area contributed by atoms with E-state index >= 15 is 0 Å². The second kappa shape index (κ2) is 6.83. The summed E-state index contributed by atoms with van der Waals surface area (Å²) in [5, 5.41) is 0.513. The van der Waals surface area contributed by atoms with Gasteiger partial charge in [-0.15, -0.1) is 0 Å². The highest BCUT2D eigenvalue weighted by molar-refractivity contribution is 6.32. The summed E-state index contributed by atoms with van der Waals surface area (Å²) in [6.45, 7) is 4.99. The van der Waals surface area contributed by atoms with Crippen LogP contribution in [0.2, 0.25) is 5.02 Å². The Balaban J connectivity index is 2.23. The first kappa shape index (κ1) is 15.7. The number of aryl methyl sites for hydroxylation is 2. The van der Waals surface area contributed by atoms with Crippen LogP contribution in [0.3, 0.4) is 0 Å². The molecule has 4 heteroatoms. The van der Waals surface area contributed by atoms with Crippen LogP contribution in [-0.2, 0) is 13.2 Å². The van der Waals surface area contributed by atoms with Gasteiger partial charge in [0, 0.05) is 6.54 Å². The highest BCUT2D eigenvalue weighted by atomic mass is 35.5. The molecule has 2 aromatic carbocycles. The van der Waals surface area contributed by atoms with E-state index in [0.717, 1.165) is 11.1 Å². The number of hydrogen-bond acceptors (Lipinski definition) is 3. The standard InChI is InChI=1S/C17H20ClNO2/c1-11-4-12(2)6-14(5-11)10-21-17-15(18)7-13(9-19)8-16(17)20-3/h4-8H,9-10,19H2,1-3H3. The first-order valence-corrected chi connectivity index (χ1v) is 7.17. The molecule has 0 aliphatic carbocycles. The van der Waals surface area contributed by atoms with E-state index in [1.54, 1.807) is 13.2 Å². The zero-order valence-electron chi connectivity index (χ0n) is 12.6. The van der Waals surface area contributed by atoms with E-state index in [1.807, 2.05) is 6.07 Å². The summed E-state index contributed by atoms with van der Waals surface area (Å²) in [6.07, 6.45) is 0. The van der Waals surface area contributed by atoms with Crippen molar-refractivity contribution in [3.05, 3.63) is 57.6 Å². The maximum atomic E-state index is 6.26. The lowest BCUT2D eigenvalue weighted by Crippen LogP contribution is -2.02. The fourth-order valence-corrected chi connectivity index (χ4v) is 2.63. The Labute approximate surface area is 130 Å². The average molecular weight is 306 g/mol. The summed E-state index contributed by atoms with van der Waals surface area (Å²) in [5.41, 5.74) is 10.1. The van der Waals surface area contributed by atoms with Gasteiger partial charge in [0.15, 0.2) is 11.5 Å². The van der Waals surface area contributed by atoms with Crippen LogP contribution < -0.4 is 15.2 Å². The molecule has 0 amide bonds. The Morgan fingerprint density at radius 1 is 1.00 bits per heavy atom. The quantitative estimate of drug-likeness (QED) is 0.908. The molecule has 0 atom stereocenters. The van der Waals surface area contributed by atoms with Crippen molar-refractivity contribution in [2.24, 2.45) is 5.73 Å². The number of hydrogen-bond donors (Lipinski definition) is 1. The molecule has 0 fully saturated rings. The molecule has 0 radical (unpaired) electrons. The first-order chi connectivity index (χ1) is 10.0. The molecule has 0 aliphatic rings. The normalized spacial score (nSPS) is 10.5. The predicted octanol–water partition coefficient (Wildman–Crippen LogP) is 4.00. The Morgan fingerprint density at radius 3 is 2.24 bits per heavy atom. The maximum Gasteiger partial charge on any atom is 0.180 e. The number of halogens is 1. The van der Waals surface area contributed by atoms with Crippen molar-refractivity contribution in [3.8, 4) is 11.5 Å². The Hall–Kier alpha value is -1.71. The van der Waals surface area contributed by atoms with Crippen molar-refractivity contribution in [1.82, 2.24) is 0 Å². The molecule has 2 rings (SSSR count). The molecule has 0 saturated carbocycles. The van der Waals surface area contributed by atoms with Crippen molar-refractivity contribution in [2.75, 3.05) is 7.11 Å². The van der Waals surface area contributed by atoms with Crippen LogP contribution in [0, 0.1) is 13.8 Å². The first-order valence-electron chi connectivity index (χ1n) is 6.80. The number of ether oxygens (including phenoxy) is 2. The van der Waals surface area contributed by atoms with Crippen LogP contribution >= 0.6 is 11.6 Å². The zero-order chi connectivity index (χ0) is 15.4. The molecule has 0 aliphatic heterocycles. The van der Waals surface area contributed by atoms with Gasteiger partial charge in [-0.1, -0.05) is 40.9 Å². The second-order valence-corrected chi connectivity index (χ2v) is 5.50. The Bertz CT molecular complexity index is 621. The molecule has 0 saturated heterocycles. The summed E-state index contributed by atoms with van der Waals surface area (Å²) in [4.78, 5) is 0. The average Bonchev–Trinajstić information content (AvgIpc) is 2.44. The van der Waals surface area contributed by atoms with Gasteiger partial charge in [-0.3, -0.25) is 0 Å². The van der Waals surface area contributed by atoms with Crippen LogP contribution in [0.25, 0.3) is 0 Å². The molecule has 0 unspecified atom stereocenters. The third kappa shape index (κ3) is 3.90. The molecule has 0 heterocycles. The van der Waals surface area contributed by atoms with Gasteiger partial charge in [-0.2, -0.15) is 0 Å². The third-order valence-electron chi connectivity index (χ3n) is 3.19. The lowest BCUT2D eigenvalue weighted by molar-refractivity contribution is 0.284. The lowest BCUT2D eigenvalue weighted by atomic mass is 10.1. The number of nitrogens with two attached hydrogens (primary N) is 1. The minimum Gasteiger partial charge on any atom is -0.493 e. The summed E-state index contributed by atoms with van der Waals surface area (Å²) in [7, 11) is 1.59. The number of benzene rings is 2. The summed E-state index contributed by atoms with van der Waals surface area (Å²) >= 11 is 6.26. The van der Waals surface area contributed by atoms with Gasteiger partial charge in [0.1, 0.15) is 6.61 Å². The Kier molecular flexibility index (Phi) is 5.10. The zero-order valence-corrected chi connectivity index (χ0v) is 13.3. The largest absolute Gasteiger partial charge is 0.493 e. The van der Waals surface area contributed by atoms with Crippen LogP contribution in [0.1, 0.15) is 22.3 Å². The van der Waals surface area contributed by atoms with E-state index in [9.17, 15) is 0 Å². The molecule has 112 valence electrons. The summed E-state index contributed by atoms with van der Waals surface area (Å²) in [5.74, 6) is 1.16. The molecule has 0 bridgehead atoms. The predicted molar refractivity (Wildman–Crippen MR) is 86.1 cm³/mol. The van der Waals surface area contributed by atoms with Gasteiger partial charge in [0.2, 0.25) is 0 Å². The minimum absolute atomic E-state index is 0.410. The Morgan fingerprint density at radius 2 is 1.67 bits per heavy atom. The number of rotatable bonds is 5. The van der Waals surface area contributed by atoms with E-state index in [4.69, 9.17) is 26.8 Å². The highest BCUT2D eigenvalue weighted by Crippen LogP contribution is 2.36. The van der Waals surface area contributed by atoms with Crippen LogP contribution in [0.15, 0.2) is 30.3 Å². The van der Waals surface area contributed by atoms with Crippen molar-refractivity contribution in [3.63, 3.8) is 0 Å². The topological polar surface area (TPSA) is 44.5 Å². The van der Waals surface area contributed by atoms with Crippen molar-refractivity contribution in [1.29, 1.82) is 0 Å². The summed E-state index contributed by atoms with van der Waals surface area (Å²) < 4.78 is 11.2. The van der Waals surface area contributed by atoms with E-state index in [1.165, 1.54) is 11.1 Å². The molecule has 3 nitrogen and oxygen atoms in total. The molecule has 2 N–H and O–H groups in total. The van der Waals surface area contributed by atoms with Gasteiger partial charge in [0.25, 0.3) is 0 Å². The molecule has 2 aromatic rings. The van der Waals surface area contributed by atoms with Gasteiger partial charge in [0.05, 0.1) is 12.1 Å². The van der Waals surface area contributed by atoms with Gasteiger partial charge in [-0.25, -0.2) is 0 Å². The van der Waals surface area contributed by atoms with Crippen molar-refractivity contribution < 1.29 is 9.47 Å². The molecular formula is C17H20ClNO2. The van der Waals surface area contributed by atoms with E-state index in [-0.39, 0.29) is 0 Å². The molecule has 21 heavy (non-hydrogen) atoms. The number of methoxy groups -OCH3 is 1. The lowest BCUT2D eigenvalue weighted by Gasteiger charge is -2.14. The molecular weight excluding hydrogens is 286 g/mol. The monoisotopic (exact) mass is 305 g/mol. The van der Waals surface area contributed by atoms with Crippen LogP contribution in [-0.4, -0.2) is 7.11 Å². The van der Waals surface area contributed by atoms with Gasteiger partial charge in [-0.05, 0) is 37.1 Å². The van der Waals surface area contributed by atoms with Crippen LogP contribution in [0.4, 0.5) is 0 Å². The second-order valence-electron chi connectivity index (χ2n) is 5.10. The molecule has 0 spiro atoms. The van der Waals surface area contributed by atoms with E-state index in [2.05, 4.69) is 32.0 Å².